The van der Waals surface area contributed by atoms with Crippen LogP contribution in [-0.4, -0.2) is 18.5 Å². The van der Waals surface area contributed by atoms with E-state index in [9.17, 15) is 14.9 Å². The molecule has 0 heterocycles. The first-order valence-electron chi connectivity index (χ1n) is 14.2. The van der Waals surface area contributed by atoms with Crippen molar-refractivity contribution in [1.82, 2.24) is 0 Å². The van der Waals surface area contributed by atoms with Gasteiger partial charge in [0.05, 0.1) is 18.2 Å². The predicted molar refractivity (Wildman–Crippen MR) is 156 cm³/mol. The van der Waals surface area contributed by atoms with Crippen molar-refractivity contribution in [3.8, 4) is 34.4 Å². The third-order valence-corrected chi connectivity index (χ3v) is 6.77. The van der Waals surface area contributed by atoms with Gasteiger partial charge in [0.1, 0.15) is 17.2 Å². The van der Waals surface area contributed by atoms with Gasteiger partial charge in [0.25, 0.3) is 0 Å². The van der Waals surface area contributed by atoms with E-state index in [4.69, 9.17) is 14.2 Å². The van der Waals surface area contributed by atoms with Gasteiger partial charge in [0.15, 0.2) is 5.41 Å². The summed E-state index contributed by atoms with van der Waals surface area (Å²) >= 11 is 0. The van der Waals surface area contributed by atoms with Crippen molar-refractivity contribution in [2.24, 2.45) is 5.41 Å². The van der Waals surface area contributed by atoms with E-state index >= 15 is 0 Å². The number of hydrogen-bond acceptors (Lipinski definition) is 6. The fourth-order valence-electron chi connectivity index (χ4n) is 4.28. The van der Waals surface area contributed by atoms with Crippen LogP contribution in [0, 0.1) is 16.7 Å². The molecule has 0 aromatic heterocycles. The molecular weight excluding hydrogens is 502 g/mol. The molecule has 6 heteroatoms. The van der Waals surface area contributed by atoms with Gasteiger partial charge >= 0.3 is 11.9 Å². The van der Waals surface area contributed by atoms with Crippen LogP contribution in [0.3, 0.4) is 0 Å². The summed E-state index contributed by atoms with van der Waals surface area (Å²) in [5.41, 5.74) is 1.11. The van der Waals surface area contributed by atoms with Gasteiger partial charge in [-0.2, -0.15) is 5.26 Å². The summed E-state index contributed by atoms with van der Waals surface area (Å²) < 4.78 is 16.8. The fraction of sp³-hybridized carbons (Fsp3) is 0.382. The minimum atomic E-state index is -1.16. The number of esters is 2. The molecule has 0 aliphatic rings. The summed E-state index contributed by atoms with van der Waals surface area (Å²) in [6, 6.07) is 23.3. The smallest absolute Gasteiger partial charge is 0.343 e. The first-order valence-corrected chi connectivity index (χ1v) is 14.2. The van der Waals surface area contributed by atoms with Crippen LogP contribution in [0.25, 0.3) is 11.1 Å². The summed E-state index contributed by atoms with van der Waals surface area (Å²) in [4.78, 5) is 25.1. The second-order valence-electron chi connectivity index (χ2n) is 10.2. The Morgan fingerprint density at radius 1 is 0.700 bits per heavy atom. The molecule has 1 unspecified atom stereocenters. The van der Waals surface area contributed by atoms with Crippen molar-refractivity contribution in [1.29, 1.82) is 5.26 Å². The topological polar surface area (TPSA) is 85.6 Å². The number of nitrogens with zero attached hydrogens (tertiary/aromatic N) is 1. The van der Waals surface area contributed by atoms with Crippen LogP contribution >= 0.6 is 0 Å². The highest BCUT2D eigenvalue weighted by molar-refractivity contribution is 5.91. The summed E-state index contributed by atoms with van der Waals surface area (Å²) in [6.45, 7) is 6.42. The number of ether oxygens (including phenoxy) is 3. The maximum atomic E-state index is 12.6. The molecule has 6 nitrogen and oxygen atoms in total. The highest BCUT2D eigenvalue weighted by Crippen LogP contribution is 2.28. The molecule has 0 bridgehead atoms. The third-order valence-electron chi connectivity index (χ3n) is 6.77. The standard InChI is InChI=1S/C34H39NO5/c1-4-6-7-8-9-10-24-38-29-17-15-28(16-18-29)32(36)39-30-19-11-26(12-20-30)27-13-21-31(22-14-27)40-33(37)34(3,25-35)23-5-2/h11-22H,4-10,23-24H2,1-3H3. The molecule has 0 amide bonds. The third kappa shape index (κ3) is 8.98. The van der Waals surface area contributed by atoms with Crippen LogP contribution in [-0.2, 0) is 4.79 Å². The zero-order valence-electron chi connectivity index (χ0n) is 23.8. The number of carbonyl (C=O) groups excluding carboxylic acids is 2. The molecule has 0 aliphatic heterocycles. The Morgan fingerprint density at radius 2 is 1.23 bits per heavy atom. The van der Waals surface area contributed by atoms with Crippen molar-refractivity contribution in [3.05, 3.63) is 78.4 Å². The van der Waals surface area contributed by atoms with Gasteiger partial charge in [-0.15, -0.1) is 0 Å². The maximum absolute atomic E-state index is 12.6. The van der Waals surface area contributed by atoms with Crippen LogP contribution in [0.5, 0.6) is 17.2 Å². The Morgan fingerprint density at radius 3 is 1.77 bits per heavy atom. The highest BCUT2D eigenvalue weighted by Gasteiger charge is 2.34. The lowest BCUT2D eigenvalue weighted by Gasteiger charge is -2.18. The average Bonchev–Trinajstić information content (AvgIpc) is 2.98. The minimum Gasteiger partial charge on any atom is -0.494 e. The maximum Gasteiger partial charge on any atom is 0.343 e. The Kier molecular flexibility index (Phi) is 11.8. The van der Waals surface area contributed by atoms with Gasteiger partial charge in [-0.3, -0.25) is 0 Å². The molecule has 0 saturated heterocycles. The molecule has 0 radical (unpaired) electrons. The molecule has 210 valence electrons. The van der Waals surface area contributed by atoms with Gasteiger partial charge in [0, 0.05) is 0 Å². The molecule has 0 saturated carbocycles. The van der Waals surface area contributed by atoms with Crippen LogP contribution in [0.15, 0.2) is 72.8 Å². The minimum absolute atomic E-state index is 0.385. The van der Waals surface area contributed by atoms with Gasteiger partial charge in [-0.05, 0) is 79.4 Å². The van der Waals surface area contributed by atoms with Crippen LogP contribution in [0.1, 0.15) is 82.5 Å². The van der Waals surface area contributed by atoms with Gasteiger partial charge in [-0.25, -0.2) is 9.59 Å². The number of rotatable bonds is 15. The summed E-state index contributed by atoms with van der Waals surface area (Å²) in [5, 5.41) is 9.39. The Labute approximate surface area is 237 Å². The molecule has 0 spiro atoms. The van der Waals surface area contributed by atoms with Crippen molar-refractivity contribution in [2.45, 2.75) is 72.1 Å². The van der Waals surface area contributed by atoms with E-state index in [1.165, 1.54) is 32.1 Å². The van der Waals surface area contributed by atoms with E-state index in [-0.39, 0.29) is 0 Å². The lowest BCUT2D eigenvalue weighted by Crippen LogP contribution is -2.30. The first-order chi connectivity index (χ1) is 19.4. The largest absolute Gasteiger partial charge is 0.494 e. The Bertz CT molecular complexity index is 1260. The van der Waals surface area contributed by atoms with E-state index in [0.717, 1.165) is 23.3 Å². The van der Waals surface area contributed by atoms with Crippen molar-refractivity contribution < 1.29 is 23.8 Å². The summed E-state index contributed by atoms with van der Waals surface area (Å²) in [5.74, 6) is 0.584. The van der Waals surface area contributed by atoms with E-state index in [1.54, 1.807) is 55.5 Å². The summed E-state index contributed by atoms with van der Waals surface area (Å²) in [6.07, 6.45) is 8.42. The van der Waals surface area contributed by atoms with E-state index < -0.39 is 17.4 Å². The average molecular weight is 542 g/mol. The second kappa shape index (κ2) is 15.5. The normalized spacial score (nSPS) is 12.2. The number of benzene rings is 3. The predicted octanol–water partition coefficient (Wildman–Crippen LogP) is 8.55. The van der Waals surface area contributed by atoms with E-state index in [1.807, 2.05) is 31.2 Å². The van der Waals surface area contributed by atoms with E-state index in [2.05, 4.69) is 13.0 Å². The summed E-state index contributed by atoms with van der Waals surface area (Å²) in [7, 11) is 0. The van der Waals surface area contributed by atoms with Gasteiger partial charge < -0.3 is 14.2 Å². The number of carbonyl (C=O) groups is 2. The zero-order valence-corrected chi connectivity index (χ0v) is 23.8. The quantitative estimate of drug-likeness (QED) is 0.109. The Hall–Kier alpha value is -4.11. The molecule has 3 aromatic carbocycles. The molecule has 3 aromatic rings. The molecule has 0 N–H and O–H groups in total. The monoisotopic (exact) mass is 541 g/mol. The molecule has 0 aliphatic carbocycles. The van der Waals surface area contributed by atoms with E-state index in [0.29, 0.717) is 36.5 Å². The molecule has 0 fully saturated rings. The highest BCUT2D eigenvalue weighted by atomic mass is 16.5. The fourth-order valence-corrected chi connectivity index (χ4v) is 4.28. The molecule has 3 rings (SSSR count). The van der Waals surface area contributed by atoms with Gasteiger partial charge in [-0.1, -0.05) is 76.6 Å². The van der Waals surface area contributed by atoms with Gasteiger partial charge in [0.2, 0.25) is 0 Å². The number of hydrogen-bond donors (Lipinski definition) is 0. The van der Waals surface area contributed by atoms with Crippen LogP contribution in [0.4, 0.5) is 0 Å². The SMILES string of the molecule is CCCCCCCCOc1ccc(C(=O)Oc2ccc(-c3ccc(OC(=O)C(C)(C#N)CCC)cc3)cc2)cc1. The van der Waals surface area contributed by atoms with Crippen molar-refractivity contribution in [2.75, 3.05) is 6.61 Å². The lowest BCUT2D eigenvalue weighted by atomic mass is 9.87. The molecular formula is C34H39NO5. The number of unbranched alkanes of at least 4 members (excludes halogenated alkanes) is 5. The van der Waals surface area contributed by atoms with Crippen molar-refractivity contribution in [3.63, 3.8) is 0 Å². The Balaban J connectivity index is 1.49. The van der Waals surface area contributed by atoms with Crippen molar-refractivity contribution >= 4 is 11.9 Å². The molecule has 40 heavy (non-hydrogen) atoms. The molecule has 1 atom stereocenters. The zero-order chi connectivity index (χ0) is 28.8. The first kappa shape index (κ1) is 30.4. The lowest BCUT2D eigenvalue weighted by molar-refractivity contribution is -0.142. The van der Waals surface area contributed by atoms with Crippen LogP contribution in [0.2, 0.25) is 0 Å². The second-order valence-corrected chi connectivity index (χ2v) is 10.2. The number of nitriles is 1. The van der Waals surface area contributed by atoms with Crippen LogP contribution < -0.4 is 14.2 Å².